The predicted octanol–water partition coefficient (Wildman–Crippen LogP) is 3.28. The van der Waals surface area contributed by atoms with Crippen LogP contribution in [0.3, 0.4) is 0 Å². The Hall–Kier alpha value is -2.71. The van der Waals surface area contributed by atoms with Crippen LogP contribution in [-0.4, -0.2) is 20.3 Å². The maximum absolute atomic E-state index is 12.8. The Morgan fingerprint density at radius 2 is 1.81 bits per heavy atom. The van der Waals surface area contributed by atoms with E-state index in [1.54, 1.807) is 0 Å². The molecule has 0 aliphatic carbocycles. The van der Waals surface area contributed by atoms with Crippen LogP contribution >= 0.6 is 0 Å². The van der Waals surface area contributed by atoms with E-state index in [0.29, 0.717) is 5.56 Å². The summed E-state index contributed by atoms with van der Waals surface area (Å²) in [5.41, 5.74) is -0.666. The molecule has 108 valence electrons. The zero-order chi connectivity index (χ0) is 15.0. The number of nitrogens with zero attached hydrogens (tertiary/aromatic N) is 3. The number of aromatic nitrogens is 4. The van der Waals surface area contributed by atoms with Crippen molar-refractivity contribution < 1.29 is 22.1 Å². The van der Waals surface area contributed by atoms with Gasteiger partial charge in [-0.1, -0.05) is 5.16 Å². The number of nitrogens with one attached hydrogen (secondary N) is 1. The molecule has 1 N–H and O–H groups in total. The Bertz CT molecular complexity index is 760. The number of hydrogen-bond donors (Lipinski definition) is 1. The summed E-state index contributed by atoms with van der Waals surface area (Å²) in [4.78, 5) is 3.93. The first-order chi connectivity index (χ1) is 9.93. The lowest BCUT2D eigenvalue weighted by Gasteiger charge is -1.99. The molecule has 21 heavy (non-hydrogen) atoms. The van der Waals surface area contributed by atoms with Gasteiger partial charge in [0.1, 0.15) is 11.5 Å². The Kier molecular flexibility index (Phi) is 2.96. The molecule has 2 aromatic heterocycles. The largest absolute Gasteiger partial charge is 0.432 e. The molecule has 0 bridgehead atoms. The average Bonchev–Trinajstić information content (AvgIpc) is 3.07. The minimum absolute atomic E-state index is 0.122. The van der Waals surface area contributed by atoms with Gasteiger partial charge >= 0.3 is 6.18 Å². The number of halogens is 4. The van der Waals surface area contributed by atoms with Gasteiger partial charge in [0.05, 0.1) is 0 Å². The van der Waals surface area contributed by atoms with Crippen molar-refractivity contribution in [3.8, 4) is 23.0 Å². The molecule has 0 saturated carbocycles. The molecule has 0 atom stereocenters. The Morgan fingerprint density at radius 3 is 2.43 bits per heavy atom. The molecule has 0 saturated heterocycles. The maximum atomic E-state index is 12.8. The van der Waals surface area contributed by atoms with Gasteiger partial charge in [-0.3, -0.25) is 5.10 Å². The molecule has 9 heteroatoms. The highest BCUT2D eigenvalue weighted by Gasteiger charge is 2.33. The highest BCUT2D eigenvalue weighted by molar-refractivity contribution is 5.57. The van der Waals surface area contributed by atoms with Crippen LogP contribution in [0.15, 0.2) is 34.9 Å². The molecule has 0 amide bonds. The zero-order valence-electron chi connectivity index (χ0n) is 10.1. The number of aromatic amines is 1. The molecule has 1 aromatic carbocycles. The molecule has 0 spiro atoms. The highest BCUT2D eigenvalue weighted by Crippen LogP contribution is 2.30. The molecule has 0 aliphatic heterocycles. The summed E-state index contributed by atoms with van der Waals surface area (Å²) < 4.78 is 55.0. The van der Waals surface area contributed by atoms with Crippen LogP contribution in [-0.2, 0) is 6.18 Å². The third-order valence-electron chi connectivity index (χ3n) is 2.63. The predicted molar refractivity (Wildman–Crippen MR) is 62.3 cm³/mol. The van der Waals surface area contributed by atoms with Crippen LogP contribution in [0.25, 0.3) is 23.0 Å². The van der Waals surface area contributed by atoms with E-state index in [1.807, 2.05) is 5.10 Å². The summed E-state index contributed by atoms with van der Waals surface area (Å²) in [6.07, 6.45) is -4.54. The topological polar surface area (TPSA) is 67.6 Å². The smallest absolute Gasteiger partial charge is 0.332 e. The van der Waals surface area contributed by atoms with Crippen LogP contribution in [0.1, 0.15) is 5.69 Å². The Balaban J connectivity index is 1.91. The van der Waals surface area contributed by atoms with Gasteiger partial charge in [0.25, 0.3) is 5.89 Å². The van der Waals surface area contributed by atoms with Gasteiger partial charge in [-0.15, -0.1) is 0 Å². The van der Waals surface area contributed by atoms with Crippen LogP contribution in [0.2, 0.25) is 0 Å². The second kappa shape index (κ2) is 4.69. The molecule has 0 radical (unpaired) electrons. The molecule has 0 unspecified atom stereocenters. The molecular weight excluding hydrogens is 292 g/mol. The van der Waals surface area contributed by atoms with Gasteiger partial charge in [-0.05, 0) is 24.3 Å². The van der Waals surface area contributed by atoms with Crippen molar-refractivity contribution in [1.82, 2.24) is 20.3 Å². The monoisotopic (exact) mass is 298 g/mol. The fourth-order valence-corrected chi connectivity index (χ4v) is 1.62. The lowest BCUT2D eigenvalue weighted by molar-refractivity contribution is -0.141. The van der Waals surface area contributed by atoms with Crippen molar-refractivity contribution >= 4 is 0 Å². The fraction of sp³-hybridized carbons (Fsp3) is 0.0833. The van der Waals surface area contributed by atoms with Crippen LogP contribution in [0.5, 0.6) is 0 Å². The van der Waals surface area contributed by atoms with Crippen LogP contribution in [0.4, 0.5) is 17.6 Å². The van der Waals surface area contributed by atoms with Gasteiger partial charge in [-0.25, -0.2) is 4.39 Å². The highest BCUT2D eigenvalue weighted by atomic mass is 19.4. The molecule has 2 heterocycles. The van der Waals surface area contributed by atoms with E-state index in [9.17, 15) is 17.6 Å². The lowest BCUT2D eigenvalue weighted by Crippen LogP contribution is -2.04. The van der Waals surface area contributed by atoms with Crippen molar-refractivity contribution in [2.75, 3.05) is 0 Å². The van der Waals surface area contributed by atoms with Crippen LogP contribution < -0.4 is 0 Å². The van der Waals surface area contributed by atoms with Crippen molar-refractivity contribution in [3.63, 3.8) is 0 Å². The first-order valence-electron chi connectivity index (χ1n) is 5.66. The molecule has 0 fully saturated rings. The molecule has 0 aliphatic rings. The first-order valence-corrected chi connectivity index (χ1v) is 5.66. The Labute approximate surface area is 114 Å². The van der Waals surface area contributed by atoms with Gasteiger partial charge in [0.2, 0.25) is 5.82 Å². The van der Waals surface area contributed by atoms with E-state index >= 15 is 0 Å². The van der Waals surface area contributed by atoms with E-state index in [4.69, 9.17) is 4.52 Å². The van der Waals surface area contributed by atoms with E-state index in [1.165, 1.54) is 24.3 Å². The summed E-state index contributed by atoms with van der Waals surface area (Å²) in [7, 11) is 0. The summed E-state index contributed by atoms with van der Waals surface area (Å²) in [5, 5.41) is 8.94. The zero-order valence-corrected chi connectivity index (χ0v) is 10.1. The quantitative estimate of drug-likeness (QED) is 0.737. The van der Waals surface area contributed by atoms with Gasteiger partial charge < -0.3 is 4.52 Å². The minimum Gasteiger partial charge on any atom is -0.332 e. The summed E-state index contributed by atoms with van der Waals surface area (Å²) in [5.74, 6) is -0.466. The fourth-order valence-electron chi connectivity index (χ4n) is 1.62. The van der Waals surface area contributed by atoms with Crippen molar-refractivity contribution in [1.29, 1.82) is 0 Å². The van der Waals surface area contributed by atoms with Crippen molar-refractivity contribution in [3.05, 3.63) is 41.8 Å². The average molecular weight is 298 g/mol. The summed E-state index contributed by atoms with van der Waals surface area (Å²) in [6, 6.07) is 6.04. The first kappa shape index (κ1) is 13.3. The molecular formula is C12H6F4N4O. The van der Waals surface area contributed by atoms with Gasteiger partial charge in [-0.2, -0.15) is 23.3 Å². The van der Waals surface area contributed by atoms with E-state index in [2.05, 4.69) is 15.2 Å². The van der Waals surface area contributed by atoms with Crippen molar-refractivity contribution in [2.45, 2.75) is 6.18 Å². The number of hydrogen-bond acceptors (Lipinski definition) is 4. The summed E-state index contributed by atoms with van der Waals surface area (Å²) >= 11 is 0. The molecule has 3 aromatic rings. The maximum Gasteiger partial charge on any atom is 0.432 e. The third kappa shape index (κ3) is 2.62. The molecule has 5 nitrogen and oxygen atoms in total. The Morgan fingerprint density at radius 1 is 1.10 bits per heavy atom. The van der Waals surface area contributed by atoms with Crippen LogP contribution in [0, 0.1) is 5.82 Å². The van der Waals surface area contributed by atoms with Gasteiger partial charge in [0.15, 0.2) is 5.69 Å². The normalized spacial score (nSPS) is 11.8. The standard InChI is InChI=1S/C12H6F4N4O/c13-7-3-1-6(2-4-7)10-17-11(21-20-10)8-5-9(19-18-8)12(14,15)16/h1-5H,(H,18,19). The minimum atomic E-state index is -4.54. The number of benzene rings is 1. The third-order valence-corrected chi connectivity index (χ3v) is 2.63. The van der Waals surface area contributed by atoms with Crippen molar-refractivity contribution in [2.24, 2.45) is 0 Å². The lowest BCUT2D eigenvalue weighted by atomic mass is 10.2. The molecule has 3 rings (SSSR count). The van der Waals surface area contributed by atoms with E-state index in [-0.39, 0.29) is 17.4 Å². The summed E-state index contributed by atoms with van der Waals surface area (Å²) in [6.45, 7) is 0. The van der Waals surface area contributed by atoms with E-state index in [0.717, 1.165) is 6.07 Å². The second-order valence-electron chi connectivity index (χ2n) is 4.09. The second-order valence-corrected chi connectivity index (χ2v) is 4.09. The SMILES string of the molecule is Fc1ccc(-c2noc(-c3cc(C(F)(F)F)[nH]n3)n2)cc1. The number of H-pyrrole nitrogens is 1. The number of alkyl halides is 3. The van der Waals surface area contributed by atoms with E-state index < -0.39 is 17.7 Å². The van der Waals surface area contributed by atoms with Gasteiger partial charge in [0, 0.05) is 11.6 Å². The number of rotatable bonds is 2.